The summed E-state index contributed by atoms with van der Waals surface area (Å²) in [6, 6.07) is 16.0. The predicted octanol–water partition coefficient (Wildman–Crippen LogP) is 3.14. The van der Waals surface area contributed by atoms with E-state index in [4.69, 9.17) is 19.2 Å². The standard InChI is InChI=1S/C24H32BNO6/c1-23(2)24(3,4)32-25(31-23)21-11-9-20(10-12-21)19-7-5-18(6-8-19)17-26(22(28)29)13-15-30-16-14-27/h5-12,27H,13-17H2,1-4H3,(H,28,29). The third-order valence-corrected chi connectivity index (χ3v) is 6.11. The van der Waals surface area contributed by atoms with Crippen molar-refractivity contribution in [2.75, 3.05) is 26.4 Å². The highest BCUT2D eigenvalue weighted by atomic mass is 16.7. The molecule has 1 aliphatic heterocycles. The van der Waals surface area contributed by atoms with Gasteiger partial charge in [0.25, 0.3) is 0 Å². The number of amides is 1. The van der Waals surface area contributed by atoms with Gasteiger partial charge in [0.1, 0.15) is 0 Å². The van der Waals surface area contributed by atoms with Gasteiger partial charge in [0, 0.05) is 13.1 Å². The zero-order valence-electron chi connectivity index (χ0n) is 19.2. The van der Waals surface area contributed by atoms with Crippen molar-refractivity contribution in [2.24, 2.45) is 0 Å². The first kappa shape index (κ1) is 24.3. The molecule has 1 heterocycles. The van der Waals surface area contributed by atoms with Crippen LogP contribution in [0.3, 0.4) is 0 Å². The van der Waals surface area contributed by atoms with Crippen LogP contribution in [-0.4, -0.2) is 65.9 Å². The van der Waals surface area contributed by atoms with Crippen LogP contribution in [0.5, 0.6) is 0 Å². The van der Waals surface area contributed by atoms with Gasteiger partial charge in [-0.2, -0.15) is 0 Å². The smallest absolute Gasteiger partial charge is 0.465 e. The predicted molar refractivity (Wildman–Crippen MR) is 124 cm³/mol. The topological polar surface area (TPSA) is 88.5 Å². The molecule has 1 amide bonds. The maximum absolute atomic E-state index is 11.5. The number of rotatable bonds is 9. The van der Waals surface area contributed by atoms with E-state index in [9.17, 15) is 9.90 Å². The third kappa shape index (κ3) is 5.69. The van der Waals surface area contributed by atoms with Crippen LogP contribution in [-0.2, 0) is 20.6 Å². The quantitative estimate of drug-likeness (QED) is 0.459. The number of aliphatic hydroxyl groups is 1. The van der Waals surface area contributed by atoms with E-state index >= 15 is 0 Å². The SMILES string of the molecule is CC1(C)OB(c2ccc(-c3ccc(CN(CCOCCO)C(=O)O)cc3)cc2)OC1(C)C. The van der Waals surface area contributed by atoms with E-state index in [2.05, 4.69) is 0 Å². The lowest BCUT2D eigenvalue weighted by Crippen LogP contribution is -2.41. The van der Waals surface area contributed by atoms with E-state index in [1.54, 1.807) is 0 Å². The summed E-state index contributed by atoms with van der Waals surface area (Å²) in [6.07, 6.45) is -1.00. The van der Waals surface area contributed by atoms with Crippen LogP contribution >= 0.6 is 0 Å². The number of carbonyl (C=O) groups is 1. The molecule has 0 atom stereocenters. The number of nitrogens with zero attached hydrogens (tertiary/aromatic N) is 1. The van der Waals surface area contributed by atoms with Crippen molar-refractivity contribution in [3.8, 4) is 11.1 Å². The summed E-state index contributed by atoms with van der Waals surface area (Å²) in [6.45, 7) is 9.05. The first-order valence-electron chi connectivity index (χ1n) is 10.8. The molecular weight excluding hydrogens is 409 g/mol. The second-order valence-electron chi connectivity index (χ2n) is 8.95. The lowest BCUT2D eigenvalue weighted by atomic mass is 9.78. The van der Waals surface area contributed by atoms with E-state index in [1.165, 1.54) is 4.90 Å². The van der Waals surface area contributed by atoms with Gasteiger partial charge in [-0.15, -0.1) is 0 Å². The highest BCUT2D eigenvalue weighted by molar-refractivity contribution is 6.62. The van der Waals surface area contributed by atoms with Crippen molar-refractivity contribution in [3.05, 3.63) is 54.1 Å². The minimum atomic E-state index is -1.00. The Labute approximate surface area is 190 Å². The van der Waals surface area contributed by atoms with Gasteiger partial charge in [-0.05, 0) is 49.8 Å². The summed E-state index contributed by atoms with van der Waals surface area (Å²) in [5.41, 5.74) is 3.23. The molecular formula is C24H32BNO6. The van der Waals surface area contributed by atoms with Crippen LogP contribution in [0.2, 0.25) is 0 Å². The molecule has 3 rings (SSSR count). The summed E-state index contributed by atoms with van der Waals surface area (Å²) in [5, 5.41) is 18.1. The molecule has 0 spiro atoms. The maximum atomic E-state index is 11.5. The van der Waals surface area contributed by atoms with Crippen molar-refractivity contribution >= 4 is 18.7 Å². The zero-order chi connectivity index (χ0) is 23.4. The number of benzene rings is 2. The fourth-order valence-electron chi connectivity index (χ4n) is 3.42. The largest absolute Gasteiger partial charge is 0.494 e. The molecule has 0 aromatic heterocycles. The lowest BCUT2D eigenvalue weighted by Gasteiger charge is -2.32. The molecule has 0 radical (unpaired) electrons. The van der Waals surface area contributed by atoms with E-state index in [0.29, 0.717) is 0 Å². The monoisotopic (exact) mass is 441 g/mol. The Bertz CT molecular complexity index is 882. The Morgan fingerprint density at radius 1 is 0.938 bits per heavy atom. The van der Waals surface area contributed by atoms with Gasteiger partial charge in [0.15, 0.2) is 0 Å². The van der Waals surface area contributed by atoms with Crippen molar-refractivity contribution in [2.45, 2.75) is 45.4 Å². The number of hydrogen-bond acceptors (Lipinski definition) is 5. The Balaban J connectivity index is 1.63. The molecule has 0 unspecified atom stereocenters. The molecule has 32 heavy (non-hydrogen) atoms. The average molecular weight is 441 g/mol. The summed E-state index contributed by atoms with van der Waals surface area (Å²) in [7, 11) is -0.389. The van der Waals surface area contributed by atoms with E-state index < -0.39 is 6.09 Å². The molecule has 1 saturated heterocycles. The van der Waals surface area contributed by atoms with Crippen LogP contribution in [0.1, 0.15) is 33.3 Å². The van der Waals surface area contributed by atoms with Crippen LogP contribution in [0, 0.1) is 0 Å². The summed E-state index contributed by atoms with van der Waals surface area (Å²) < 4.78 is 17.4. The molecule has 1 fully saturated rings. The minimum absolute atomic E-state index is 0.0772. The Morgan fingerprint density at radius 2 is 1.47 bits per heavy atom. The van der Waals surface area contributed by atoms with Crippen LogP contribution < -0.4 is 5.46 Å². The second-order valence-corrected chi connectivity index (χ2v) is 8.95. The van der Waals surface area contributed by atoms with Gasteiger partial charge in [-0.1, -0.05) is 48.5 Å². The number of hydrogen-bond donors (Lipinski definition) is 2. The molecule has 7 nitrogen and oxygen atoms in total. The minimum Gasteiger partial charge on any atom is -0.465 e. The molecule has 2 aromatic rings. The van der Waals surface area contributed by atoms with Gasteiger partial charge in [0.05, 0.1) is 31.0 Å². The first-order chi connectivity index (χ1) is 15.1. The van der Waals surface area contributed by atoms with Crippen molar-refractivity contribution in [1.29, 1.82) is 0 Å². The van der Waals surface area contributed by atoms with Gasteiger partial charge in [-0.3, -0.25) is 0 Å². The van der Waals surface area contributed by atoms with E-state index in [1.807, 2.05) is 76.2 Å². The molecule has 2 N–H and O–H groups in total. The fourth-order valence-corrected chi connectivity index (χ4v) is 3.42. The molecule has 1 aliphatic rings. The van der Waals surface area contributed by atoms with Crippen LogP contribution in [0.15, 0.2) is 48.5 Å². The van der Waals surface area contributed by atoms with Crippen molar-refractivity contribution < 1.29 is 29.1 Å². The summed E-state index contributed by atoms with van der Waals surface area (Å²) >= 11 is 0. The maximum Gasteiger partial charge on any atom is 0.494 e. The van der Waals surface area contributed by atoms with Gasteiger partial charge >= 0.3 is 13.2 Å². The number of carboxylic acid groups (broad SMARTS) is 1. The highest BCUT2D eigenvalue weighted by Gasteiger charge is 2.51. The zero-order valence-corrected chi connectivity index (χ0v) is 19.2. The van der Waals surface area contributed by atoms with Gasteiger partial charge < -0.3 is 29.2 Å². The second kappa shape index (κ2) is 10.0. The Morgan fingerprint density at radius 3 is 1.97 bits per heavy atom. The lowest BCUT2D eigenvalue weighted by molar-refractivity contribution is 0.00578. The first-order valence-corrected chi connectivity index (χ1v) is 10.8. The fraction of sp³-hybridized carbons (Fsp3) is 0.458. The third-order valence-electron chi connectivity index (χ3n) is 6.11. The Hall–Kier alpha value is -2.39. The normalized spacial score (nSPS) is 16.8. The average Bonchev–Trinajstić information content (AvgIpc) is 2.98. The van der Waals surface area contributed by atoms with E-state index in [0.717, 1.165) is 22.2 Å². The van der Waals surface area contributed by atoms with Crippen molar-refractivity contribution in [3.63, 3.8) is 0 Å². The van der Waals surface area contributed by atoms with Crippen molar-refractivity contribution in [1.82, 2.24) is 4.90 Å². The summed E-state index contributed by atoms with van der Waals surface area (Å²) in [4.78, 5) is 12.8. The number of ether oxygens (including phenoxy) is 1. The van der Waals surface area contributed by atoms with Gasteiger partial charge in [-0.25, -0.2) is 4.79 Å². The highest BCUT2D eigenvalue weighted by Crippen LogP contribution is 2.36. The Kier molecular flexibility index (Phi) is 7.61. The van der Waals surface area contributed by atoms with Gasteiger partial charge in [0.2, 0.25) is 0 Å². The van der Waals surface area contributed by atoms with E-state index in [-0.39, 0.29) is 51.2 Å². The molecule has 8 heteroatoms. The molecule has 0 bridgehead atoms. The molecule has 0 aliphatic carbocycles. The molecule has 172 valence electrons. The van der Waals surface area contributed by atoms with Crippen LogP contribution in [0.4, 0.5) is 4.79 Å². The number of aliphatic hydroxyl groups excluding tert-OH is 1. The molecule has 2 aromatic carbocycles. The van der Waals surface area contributed by atoms with Crippen LogP contribution in [0.25, 0.3) is 11.1 Å². The summed E-state index contributed by atoms with van der Waals surface area (Å²) in [5.74, 6) is 0. The molecule has 0 saturated carbocycles.